The molecular weight excluding hydrogens is 178 g/mol. The van der Waals surface area contributed by atoms with E-state index in [1.54, 1.807) is 30.6 Å². The summed E-state index contributed by atoms with van der Waals surface area (Å²) in [5.74, 6) is -0.0228. The summed E-state index contributed by atoms with van der Waals surface area (Å²) in [4.78, 5) is 7.65. The molecule has 70 valence electrons. The highest BCUT2D eigenvalue weighted by molar-refractivity contribution is 5.78. The largest absolute Gasteiger partial charge is 0.493 e. The van der Waals surface area contributed by atoms with Crippen molar-refractivity contribution in [1.29, 1.82) is 0 Å². The maximum Gasteiger partial charge on any atom is 0.218 e. The molecule has 2 aromatic rings. The van der Waals surface area contributed by atoms with Crippen LogP contribution in [-0.4, -0.2) is 15.1 Å². The summed E-state index contributed by atoms with van der Waals surface area (Å²) in [6, 6.07) is 5.25. The van der Waals surface area contributed by atoms with Crippen LogP contribution in [0.25, 0.3) is 11.1 Å². The Morgan fingerprint density at radius 2 is 2.00 bits per heavy atom. The Kier molecular flexibility index (Phi) is 2.02. The van der Waals surface area contributed by atoms with Crippen molar-refractivity contribution < 1.29 is 5.11 Å². The molecule has 0 aliphatic heterocycles. The van der Waals surface area contributed by atoms with E-state index in [2.05, 4.69) is 9.97 Å². The van der Waals surface area contributed by atoms with Gasteiger partial charge in [0.2, 0.25) is 5.88 Å². The maximum atomic E-state index is 9.50. The zero-order valence-electron chi connectivity index (χ0n) is 7.38. The highest BCUT2D eigenvalue weighted by Gasteiger charge is 2.06. The van der Waals surface area contributed by atoms with Crippen LogP contribution in [0.1, 0.15) is 0 Å². The van der Waals surface area contributed by atoms with Gasteiger partial charge in [0.05, 0.1) is 11.9 Å². The average Bonchev–Trinajstić information content (AvgIpc) is 2.20. The molecule has 0 aliphatic carbocycles. The van der Waals surface area contributed by atoms with Crippen molar-refractivity contribution in [3.05, 3.63) is 36.8 Å². The number of aromatic hydroxyl groups is 1. The third-order valence-corrected chi connectivity index (χ3v) is 1.93. The molecule has 4 nitrogen and oxygen atoms in total. The lowest BCUT2D eigenvalue weighted by Crippen LogP contribution is -1.91. The van der Waals surface area contributed by atoms with E-state index in [4.69, 9.17) is 5.73 Å². The summed E-state index contributed by atoms with van der Waals surface area (Å²) >= 11 is 0. The fraction of sp³-hybridized carbons (Fsp3) is 0. The van der Waals surface area contributed by atoms with Crippen LogP contribution in [0.15, 0.2) is 36.8 Å². The van der Waals surface area contributed by atoms with Gasteiger partial charge in [-0.3, -0.25) is 4.98 Å². The summed E-state index contributed by atoms with van der Waals surface area (Å²) < 4.78 is 0. The van der Waals surface area contributed by atoms with Gasteiger partial charge in [-0.05, 0) is 18.2 Å². The van der Waals surface area contributed by atoms with Crippen molar-refractivity contribution >= 4 is 5.69 Å². The maximum absolute atomic E-state index is 9.50. The summed E-state index contributed by atoms with van der Waals surface area (Å²) in [6.07, 6.45) is 4.69. The van der Waals surface area contributed by atoms with E-state index in [1.165, 1.54) is 6.20 Å². The van der Waals surface area contributed by atoms with Gasteiger partial charge in [-0.25, -0.2) is 4.98 Å². The highest BCUT2D eigenvalue weighted by atomic mass is 16.3. The lowest BCUT2D eigenvalue weighted by Gasteiger charge is -2.05. The number of hydrogen-bond acceptors (Lipinski definition) is 4. The Labute approximate surface area is 81.1 Å². The molecule has 14 heavy (non-hydrogen) atoms. The molecule has 0 aromatic carbocycles. The van der Waals surface area contributed by atoms with Crippen LogP contribution in [0.4, 0.5) is 5.69 Å². The van der Waals surface area contributed by atoms with Crippen molar-refractivity contribution in [2.75, 3.05) is 5.73 Å². The quantitative estimate of drug-likeness (QED) is 0.708. The number of nitrogens with two attached hydrogens (primary N) is 1. The van der Waals surface area contributed by atoms with Crippen LogP contribution in [0.5, 0.6) is 5.88 Å². The molecule has 0 aliphatic rings. The molecule has 3 N–H and O–H groups in total. The first kappa shape index (κ1) is 8.50. The smallest absolute Gasteiger partial charge is 0.218 e. The number of nitrogens with zero attached hydrogens (tertiary/aromatic N) is 2. The Bertz CT molecular complexity index is 413. The van der Waals surface area contributed by atoms with Crippen molar-refractivity contribution in [2.24, 2.45) is 0 Å². The van der Waals surface area contributed by atoms with Crippen LogP contribution in [-0.2, 0) is 0 Å². The van der Waals surface area contributed by atoms with E-state index in [9.17, 15) is 5.11 Å². The summed E-state index contributed by atoms with van der Waals surface area (Å²) in [7, 11) is 0. The molecule has 0 unspecified atom stereocenters. The molecule has 4 heteroatoms. The van der Waals surface area contributed by atoms with Crippen molar-refractivity contribution in [2.45, 2.75) is 0 Å². The van der Waals surface area contributed by atoms with E-state index in [0.29, 0.717) is 11.3 Å². The zero-order chi connectivity index (χ0) is 9.97. The van der Waals surface area contributed by atoms with Crippen LogP contribution in [0.3, 0.4) is 0 Å². The van der Waals surface area contributed by atoms with Gasteiger partial charge in [0.1, 0.15) is 0 Å². The van der Waals surface area contributed by atoms with E-state index < -0.39 is 0 Å². The minimum atomic E-state index is -0.0228. The molecule has 0 atom stereocenters. The number of pyridine rings is 2. The standard InChI is InChI=1S/C10H9N3O/c11-9-6-12-5-3-7(9)8-2-1-4-13-10(8)14/h1-6H,11H2,(H,13,14). The van der Waals surface area contributed by atoms with Crippen molar-refractivity contribution in [1.82, 2.24) is 9.97 Å². The average molecular weight is 187 g/mol. The van der Waals surface area contributed by atoms with Gasteiger partial charge < -0.3 is 10.8 Å². The lowest BCUT2D eigenvalue weighted by molar-refractivity contribution is 0.455. The molecule has 0 amide bonds. The minimum Gasteiger partial charge on any atom is -0.493 e. The number of rotatable bonds is 1. The zero-order valence-corrected chi connectivity index (χ0v) is 7.38. The monoisotopic (exact) mass is 187 g/mol. The first-order valence-electron chi connectivity index (χ1n) is 4.13. The summed E-state index contributed by atoms with van der Waals surface area (Å²) in [6.45, 7) is 0. The van der Waals surface area contributed by atoms with Gasteiger partial charge in [0.25, 0.3) is 0 Å². The number of hydrogen-bond donors (Lipinski definition) is 2. The number of nitrogen functional groups attached to an aromatic ring is 1. The first-order valence-corrected chi connectivity index (χ1v) is 4.13. The van der Waals surface area contributed by atoms with Crippen LogP contribution in [0.2, 0.25) is 0 Å². The molecule has 0 fully saturated rings. The molecule has 0 radical (unpaired) electrons. The summed E-state index contributed by atoms with van der Waals surface area (Å²) in [5.41, 5.74) is 7.60. The third kappa shape index (κ3) is 1.37. The van der Waals surface area contributed by atoms with Crippen molar-refractivity contribution in [3.8, 4) is 17.0 Å². The SMILES string of the molecule is Nc1cnccc1-c1cccnc1O. The minimum absolute atomic E-state index is 0.0228. The fourth-order valence-electron chi connectivity index (χ4n) is 1.26. The second-order valence-electron chi connectivity index (χ2n) is 2.84. The van der Waals surface area contributed by atoms with E-state index >= 15 is 0 Å². The molecule has 2 rings (SSSR count). The molecule has 0 saturated carbocycles. The van der Waals surface area contributed by atoms with Gasteiger partial charge in [0.15, 0.2) is 0 Å². The van der Waals surface area contributed by atoms with E-state index in [1.807, 2.05) is 0 Å². The molecule has 0 bridgehead atoms. The Hall–Kier alpha value is -2.10. The Morgan fingerprint density at radius 3 is 2.71 bits per heavy atom. The first-order chi connectivity index (χ1) is 6.79. The molecule has 0 spiro atoms. The third-order valence-electron chi connectivity index (χ3n) is 1.93. The predicted molar refractivity (Wildman–Crippen MR) is 53.5 cm³/mol. The van der Waals surface area contributed by atoms with E-state index in [0.717, 1.165) is 5.56 Å². The second kappa shape index (κ2) is 3.33. The molecule has 2 heterocycles. The Balaban J connectivity index is 2.61. The topological polar surface area (TPSA) is 72.0 Å². The number of aromatic nitrogens is 2. The van der Waals surface area contributed by atoms with Crippen LogP contribution >= 0.6 is 0 Å². The predicted octanol–water partition coefficient (Wildman–Crippen LogP) is 1.43. The van der Waals surface area contributed by atoms with Gasteiger partial charge in [-0.2, -0.15) is 0 Å². The summed E-state index contributed by atoms with van der Waals surface area (Å²) in [5, 5.41) is 9.50. The normalized spacial score (nSPS) is 10.0. The molecule has 0 saturated heterocycles. The van der Waals surface area contributed by atoms with Gasteiger partial charge in [-0.15, -0.1) is 0 Å². The van der Waals surface area contributed by atoms with Gasteiger partial charge in [0, 0.05) is 23.5 Å². The Morgan fingerprint density at radius 1 is 1.14 bits per heavy atom. The highest BCUT2D eigenvalue weighted by Crippen LogP contribution is 2.29. The molecular formula is C10H9N3O. The van der Waals surface area contributed by atoms with Crippen LogP contribution < -0.4 is 5.73 Å². The fourth-order valence-corrected chi connectivity index (χ4v) is 1.26. The van der Waals surface area contributed by atoms with E-state index in [-0.39, 0.29) is 5.88 Å². The van der Waals surface area contributed by atoms with Gasteiger partial charge >= 0.3 is 0 Å². The lowest BCUT2D eigenvalue weighted by atomic mass is 10.1. The number of anilines is 1. The van der Waals surface area contributed by atoms with Crippen molar-refractivity contribution in [3.63, 3.8) is 0 Å². The second-order valence-corrected chi connectivity index (χ2v) is 2.84. The van der Waals surface area contributed by atoms with Crippen LogP contribution in [0, 0.1) is 0 Å². The molecule has 2 aromatic heterocycles. The van der Waals surface area contributed by atoms with Gasteiger partial charge in [-0.1, -0.05) is 0 Å².